The molecular weight excluding hydrogens is 256 g/mol. The van der Waals surface area contributed by atoms with Crippen LogP contribution in [0.15, 0.2) is 0 Å². The summed E-state index contributed by atoms with van der Waals surface area (Å²) < 4.78 is 0. The lowest BCUT2D eigenvalue weighted by Crippen LogP contribution is -2.47. The van der Waals surface area contributed by atoms with Crippen molar-refractivity contribution in [2.75, 3.05) is 19.6 Å². The lowest BCUT2D eigenvalue weighted by Gasteiger charge is -2.33. The fraction of sp³-hybridized carbons (Fsp3) is 0.867. The average Bonchev–Trinajstić information content (AvgIpc) is 2.44. The number of hydrogen-bond acceptors (Lipinski definition) is 3. The Kier molecular flexibility index (Phi) is 6.99. The summed E-state index contributed by atoms with van der Waals surface area (Å²) in [6.07, 6.45) is 2.81. The van der Waals surface area contributed by atoms with Crippen LogP contribution in [0.4, 0.5) is 0 Å². The second-order valence-corrected chi connectivity index (χ2v) is 5.97. The zero-order valence-electron chi connectivity index (χ0n) is 12.9. The monoisotopic (exact) mass is 284 g/mol. The largest absolute Gasteiger partial charge is 0.391 e. The number of rotatable bonds is 6. The summed E-state index contributed by atoms with van der Waals surface area (Å²) in [5.41, 5.74) is 0. The van der Waals surface area contributed by atoms with E-state index in [9.17, 15) is 14.7 Å². The molecule has 1 rings (SSSR count). The maximum atomic E-state index is 12.1. The maximum absolute atomic E-state index is 12.1. The summed E-state index contributed by atoms with van der Waals surface area (Å²) in [6, 6.07) is 0. The molecule has 2 unspecified atom stereocenters. The fourth-order valence-corrected chi connectivity index (χ4v) is 2.55. The van der Waals surface area contributed by atoms with Crippen LogP contribution < -0.4 is 5.32 Å². The van der Waals surface area contributed by atoms with E-state index in [2.05, 4.69) is 5.32 Å². The standard InChI is InChI=1S/C15H28N2O3/c1-4-6-13(18)9-16-14(19)12-7-5-8-17(10-12)15(20)11(2)3/h11-13,18H,4-10H2,1-3H3,(H,16,19). The number of aliphatic hydroxyl groups excluding tert-OH is 1. The number of likely N-dealkylation sites (tertiary alicyclic amines) is 1. The number of carbonyl (C=O) groups excluding carboxylic acids is 2. The molecule has 0 aromatic heterocycles. The highest BCUT2D eigenvalue weighted by Crippen LogP contribution is 2.18. The maximum Gasteiger partial charge on any atom is 0.225 e. The topological polar surface area (TPSA) is 69.6 Å². The second kappa shape index (κ2) is 8.25. The molecule has 0 aromatic carbocycles. The van der Waals surface area contributed by atoms with Crippen LogP contribution in [0, 0.1) is 11.8 Å². The summed E-state index contributed by atoms with van der Waals surface area (Å²) in [6.45, 7) is 7.33. The van der Waals surface area contributed by atoms with Gasteiger partial charge in [-0.25, -0.2) is 0 Å². The molecule has 0 aromatic rings. The molecule has 1 aliphatic rings. The molecule has 5 heteroatoms. The Morgan fingerprint density at radius 2 is 2.10 bits per heavy atom. The number of hydrogen-bond donors (Lipinski definition) is 2. The predicted octanol–water partition coefficient (Wildman–Crippen LogP) is 1.16. The molecule has 0 bridgehead atoms. The molecule has 116 valence electrons. The first-order valence-electron chi connectivity index (χ1n) is 7.70. The number of amides is 2. The highest BCUT2D eigenvalue weighted by Gasteiger charge is 2.29. The zero-order valence-corrected chi connectivity index (χ0v) is 12.9. The van der Waals surface area contributed by atoms with Crippen LogP contribution >= 0.6 is 0 Å². The number of piperidine rings is 1. The molecule has 0 radical (unpaired) electrons. The second-order valence-electron chi connectivity index (χ2n) is 5.97. The van der Waals surface area contributed by atoms with Gasteiger partial charge in [0, 0.05) is 25.6 Å². The van der Waals surface area contributed by atoms with E-state index in [-0.39, 0.29) is 23.7 Å². The van der Waals surface area contributed by atoms with Crippen LogP contribution in [0.3, 0.4) is 0 Å². The van der Waals surface area contributed by atoms with Crippen molar-refractivity contribution in [1.82, 2.24) is 10.2 Å². The van der Waals surface area contributed by atoms with E-state index in [4.69, 9.17) is 0 Å². The van der Waals surface area contributed by atoms with Gasteiger partial charge in [0.25, 0.3) is 0 Å². The van der Waals surface area contributed by atoms with E-state index < -0.39 is 6.10 Å². The number of nitrogens with one attached hydrogen (secondary N) is 1. The van der Waals surface area contributed by atoms with E-state index in [1.54, 1.807) is 4.90 Å². The molecule has 1 heterocycles. The number of aliphatic hydroxyl groups is 1. The first-order chi connectivity index (χ1) is 9.45. The van der Waals surface area contributed by atoms with E-state index in [0.29, 0.717) is 19.5 Å². The predicted molar refractivity (Wildman–Crippen MR) is 78.1 cm³/mol. The van der Waals surface area contributed by atoms with Crippen LogP contribution in [-0.4, -0.2) is 47.6 Å². The molecule has 1 fully saturated rings. The van der Waals surface area contributed by atoms with Gasteiger partial charge in [0.05, 0.1) is 12.0 Å². The molecular formula is C15H28N2O3. The summed E-state index contributed by atoms with van der Waals surface area (Å²) >= 11 is 0. The van der Waals surface area contributed by atoms with Gasteiger partial charge in [-0.2, -0.15) is 0 Å². The van der Waals surface area contributed by atoms with Crippen LogP contribution in [-0.2, 0) is 9.59 Å². The smallest absolute Gasteiger partial charge is 0.225 e. The zero-order chi connectivity index (χ0) is 15.1. The van der Waals surface area contributed by atoms with Gasteiger partial charge in [0.1, 0.15) is 0 Å². The highest BCUT2D eigenvalue weighted by molar-refractivity contribution is 5.82. The first-order valence-corrected chi connectivity index (χ1v) is 7.70. The Balaban J connectivity index is 2.42. The van der Waals surface area contributed by atoms with Crippen molar-refractivity contribution in [3.05, 3.63) is 0 Å². The summed E-state index contributed by atoms with van der Waals surface area (Å²) in [5.74, 6) is -0.0848. The third kappa shape index (κ3) is 5.12. The Hall–Kier alpha value is -1.10. The lowest BCUT2D eigenvalue weighted by atomic mass is 9.96. The van der Waals surface area contributed by atoms with Gasteiger partial charge in [-0.05, 0) is 19.3 Å². The van der Waals surface area contributed by atoms with E-state index in [1.165, 1.54) is 0 Å². The molecule has 2 N–H and O–H groups in total. The van der Waals surface area contributed by atoms with E-state index in [0.717, 1.165) is 25.8 Å². The minimum Gasteiger partial charge on any atom is -0.391 e. The summed E-state index contributed by atoms with van der Waals surface area (Å²) in [5, 5.41) is 12.4. The van der Waals surface area contributed by atoms with Crippen molar-refractivity contribution in [2.24, 2.45) is 11.8 Å². The molecule has 1 saturated heterocycles. The molecule has 0 aliphatic carbocycles. The molecule has 1 aliphatic heterocycles. The average molecular weight is 284 g/mol. The third-order valence-electron chi connectivity index (χ3n) is 3.73. The number of nitrogens with zero attached hydrogens (tertiary/aromatic N) is 1. The summed E-state index contributed by atoms with van der Waals surface area (Å²) in [4.78, 5) is 25.8. The van der Waals surface area contributed by atoms with Crippen LogP contribution in [0.25, 0.3) is 0 Å². The molecule has 20 heavy (non-hydrogen) atoms. The minimum atomic E-state index is -0.471. The molecule has 0 saturated carbocycles. The van der Waals surface area contributed by atoms with Crippen molar-refractivity contribution < 1.29 is 14.7 Å². The van der Waals surface area contributed by atoms with Crippen molar-refractivity contribution in [2.45, 2.75) is 52.6 Å². The van der Waals surface area contributed by atoms with Crippen LogP contribution in [0.1, 0.15) is 46.5 Å². The molecule has 0 spiro atoms. The van der Waals surface area contributed by atoms with Gasteiger partial charge in [-0.15, -0.1) is 0 Å². The quantitative estimate of drug-likeness (QED) is 0.769. The van der Waals surface area contributed by atoms with Crippen molar-refractivity contribution >= 4 is 11.8 Å². The van der Waals surface area contributed by atoms with Gasteiger partial charge < -0.3 is 15.3 Å². The Morgan fingerprint density at radius 3 is 2.70 bits per heavy atom. The normalized spacial score (nSPS) is 20.9. The van der Waals surface area contributed by atoms with Crippen LogP contribution in [0.2, 0.25) is 0 Å². The molecule has 5 nitrogen and oxygen atoms in total. The van der Waals surface area contributed by atoms with Crippen molar-refractivity contribution in [1.29, 1.82) is 0 Å². The van der Waals surface area contributed by atoms with Crippen LogP contribution in [0.5, 0.6) is 0 Å². The van der Waals surface area contributed by atoms with Gasteiger partial charge in [-0.1, -0.05) is 27.2 Å². The van der Waals surface area contributed by atoms with Gasteiger partial charge in [0.2, 0.25) is 11.8 Å². The van der Waals surface area contributed by atoms with E-state index >= 15 is 0 Å². The molecule has 2 amide bonds. The SMILES string of the molecule is CCCC(O)CNC(=O)C1CCCN(C(=O)C(C)C)C1. The first kappa shape index (κ1) is 17.0. The summed E-state index contributed by atoms with van der Waals surface area (Å²) in [7, 11) is 0. The van der Waals surface area contributed by atoms with Crippen molar-refractivity contribution in [3.63, 3.8) is 0 Å². The highest BCUT2D eigenvalue weighted by atomic mass is 16.3. The Bertz CT molecular complexity index is 331. The van der Waals surface area contributed by atoms with E-state index in [1.807, 2.05) is 20.8 Å². The Morgan fingerprint density at radius 1 is 1.40 bits per heavy atom. The van der Waals surface area contributed by atoms with Gasteiger partial charge in [-0.3, -0.25) is 9.59 Å². The Labute approximate surface area is 121 Å². The fourth-order valence-electron chi connectivity index (χ4n) is 2.55. The van der Waals surface area contributed by atoms with Crippen molar-refractivity contribution in [3.8, 4) is 0 Å². The van der Waals surface area contributed by atoms with Gasteiger partial charge >= 0.3 is 0 Å². The molecule has 2 atom stereocenters. The number of carbonyl (C=O) groups is 2. The van der Waals surface area contributed by atoms with Gasteiger partial charge in [0.15, 0.2) is 0 Å². The minimum absolute atomic E-state index is 0.0248. The lowest BCUT2D eigenvalue weighted by molar-refractivity contribution is -0.138. The third-order valence-corrected chi connectivity index (χ3v) is 3.73.